The number of aromatic nitrogens is 4. The number of para-hydroxylation sites is 3. The van der Waals surface area contributed by atoms with Gasteiger partial charge in [-0.05, 0) is 112 Å². The van der Waals surface area contributed by atoms with Gasteiger partial charge in [-0.2, -0.15) is 0 Å². The molecule has 1 fully saturated rings. The summed E-state index contributed by atoms with van der Waals surface area (Å²) in [5.41, 5.74) is 14.7. The zero-order valence-corrected chi connectivity index (χ0v) is 39.0. The van der Waals surface area contributed by atoms with Gasteiger partial charge < -0.3 is 9.51 Å². The third-order valence-electron chi connectivity index (χ3n) is 14.4. The van der Waals surface area contributed by atoms with E-state index in [4.69, 9.17) is 9.97 Å². The van der Waals surface area contributed by atoms with Crippen LogP contribution in [0, 0.1) is 11.5 Å². The Morgan fingerprint density at radius 2 is 1.35 bits per heavy atom. The number of pyridine rings is 1. The molecule has 5 nitrogen and oxygen atoms in total. The molecule has 0 unspecified atom stereocenters. The summed E-state index contributed by atoms with van der Waals surface area (Å²) in [5.74, 6) is 1.37. The summed E-state index contributed by atoms with van der Waals surface area (Å²) in [6, 6.07) is 64.1. The Balaban J connectivity index is 0.00000456. The van der Waals surface area contributed by atoms with E-state index in [0.717, 1.165) is 61.1 Å². The van der Waals surface area contributed by atoms with E-state index in [1.54, 1.807) is 6.07 Å². The molecule has 0 radical (unpaired) electrons. The normalized spacial score (nSPS) is 14.3. The SMILES string of the molecule is CC1(C)CCC(c2ccc(-n3c(-c4ccccc4O)nc4c(-c5[c-]c(-c6ccccn6)c6c7cccc8c9c%10ccccc%10ccc9n(c6c5)c78)cccc43)c(-c3ccccc3)c2)CC1.[Pt]. The molecule has 8 aromatic carbocycles. The van der Waals surface area contributed by atoms with E-state index < -0.39 is 0 Å². The maximum absolute atomic E-state index is 11.6. The fraction of sp³-hybridized carbons (Fsp3) is 0.133. The monoisotopic (exact) mass is 1030 g/mol. The summed E-state index contributed by atoms with van der Waals surface area (Å²) >= 11 is 0. The van der Waals surface area contributed by atoms with Crippen LogP contribution in [0.3, 0.4) is 0 Å². The molecule has 0 amide bonds. The van der Waals surface area contributed by atoms with Crippen LogP contribution in [0.15, 0.2) is 176 Å². The Bertz CT molecular complexity index is 3820. The predicted octanol–water partition coefficient (Wildman–Crippen LogP) is 15.6. The number of hydrogen-bond acceptors (Lipinski definition) is 3. The maximum Gasteiger partial charge on any atom is 0.148 e. The minimum atomic E-state index is 0. The standard InChI is InChI=1S/C60H45N4O.Pt/c1-60(2)31-29-37(30-32-60)40-26-27-50(47(34-40)38-14-4-3-5-15-38)64-52-23-13-19-43(57(52)62-59(64)44-18-8-9-24-54(44)65)41-35-48(49-22-10-11-33-61-49)56-46-21-12-20-45-55-42-17-7-6-16-39(42)25-28-51(55)63(58(45)46)53(56)36-41;/h3-28,33-34,36-37,65H,29-32H2,1-2H3;/q-1;. The molecule has 1 saturated carbocycles. The second-order valence-corrected chi connectivity index (χ2v) is 18.8. The summed E-state index contributed by atoms with van der Waals surface area (Å²) in [7, 11) is 0. The van der Waals surface area contributed by atoms with E-state index in [-0.39, 0.29) is 26.8 Å². The molecule has 322 valence electrons. The van der Waals surface area contributed by atoms with Crippen LogP contribution < -0.4 is 0 Å². The van der Waals surface area contributed by atoms with Crippen LogP contribution in [-0.2, 0) is 21.1 Å². The molecule has 6 heteroatoms. The van der Waals surface area contributed by atoms with Crippen LogP contribution in [-0.4, -0.2) is 24.0 Å². The van der Waals surface area contributed by atoms with Gasteiger partial charge in [-0.25, -0.2) is 4.98 Å². The first-order valence-electron chi connectivity index (χ1n) is 22.9. The zero-order chi connectivity index (χ0) is 43.4. The Kier molecular flexibility index (Phi) is 9.52. The van der Waals surface area contributed by atoms with Crippen molar-refractivity contribution >= 4 is 59.9 Å². The number of benzene rings is 8. The number of phenolic OH excluding ortho intramolecular Hbond substituents is 1. The smallest absolute Gasteiger partial charge is 0.148 e. The molecule has 4 heterocycles. The molecule has 13 rings (SSSR count). The maximum atomic E-state index is 11.6. The van der Waals surface area contributed by atoms with Gasteiger partial charge in [-0.3, -0.25) is 9.55 Å². The van der Waals surface area contributed by atoms with E-state index in [9.17, 15) is 5.11 Å². The van der Waals surface area contributed by atoms with Gasteiger partial charge in [-0.15, -0.1) is 17.7 Å². The molecular weight excluding hydrogens is 988 g/mol. The van der Waals surface area contributed by atoms with E-state index in [2.05, 4.69) is 168 Å². The number of fused-ring (bicyclic) bond motifs is 9. The Morgan fingerprint density at radius 1 is 0.621 bits per heavy atom. The Morgan fingerprint density at radius 3 is 2.17 bits per heavy atom. The van der Waals surface area contributed by atoms with E-state index in [0.29, 0.717) is 22.7 Å². The summed E-state index contributed by atoms with van der Waals surface area (Å²) in [5, 5.41) is 18.9. The van der Waals surface area contributed by atoms with Gasteiger partial charge in [0.2, 0.25) is 0 Å². The van der Waals surface area contributed by atoms with Crippen LogP contribution in [0.25, 0.3) is 110 Å². The van der Waals surface area contributed by atoms with Gasteiger partial charge in [0.1, 0.15) is 11.6 Å². The van der Waals surface area contributed by atoms with E-state index in [1.807, 2.05) is 30.5 Å². The van der Waals surface area contributed by atoms with E-state index >= 15 is 0 Å². The van der Waals surface area contributed by atoms with Crippen molar-refractivity contribution in [2.45, 2.75) is 45.4 Å². The van der Waals surface area contributed by atoms with Crippen LogP contribution in [0.1, 0.15) is 51.0 Å². The fourth-order valence-corrected chi connectivity index (χ4v) is 11.1. The molecule has 0 atom stereocenters. The molecule has 0 aliphatic heterocycles. The van der Waals surface area contributed by atoms with Crippen molar-refractivity contribution in [3.05, 3.63) is 188 Å². The first-order chi connectivity index (χ1) is 31.9. The summed E-state index contributed by atoms with van der Waals surface area (Å²) in [4.78, 5) is 10.5. The van der Waals surface area contributed by atoms with Crippen molar-refractivity contribution in [3.8, 4) is 56.3 Å². The average molecular weight is 1030 g/mol. The van der Waals surface area contributed by atoms with Gasteiger partial charge in [0.25, 0.3) is 0 Å². The van der Waals surface area contributed by atoms with Crippen molar-refractivity contribution in [2.75, 3.05) is 0 Å². The molecule has 1 aliphatic rings. The summed E-state index contributed by atoms with van der Waals surface area (Å²) < 4.78 is 4.72. The van der Waals surface area contributed by atoms with Crippen molar-refractivity contribution in [1.82, 2.24) is 18.9 Å². The number of imidazole rings is 1. The van der Waals surface area contributed by atoms with Gasteiger partial charge >= 0.3 is 0 Å². The van der Waals surface area contributed by atoms with Crippen LogP contribution in [0.5, 0.6) is 5.75 Å². The second kappa shape index (κ2) is 15.5. The van der Waals surface area contributed by atoms with Crippen LogP contribution in [0.2, 0.25) is 0 Å². The van der Waals surface area contributed by atoms with Gasteiger partial charge in [0.05, 0.1) is 33.3 Å². The molecule has 0 saturated heterocycles. The fourth-order valence-electron chi connectivity index (χ4n) is 11.1. The molecule has 0 bridgehead atoms. The molecule has 12 aromatic rings. The first-order valence-corrected chi connectivity index (χ1v) is 22.9. The second-order valence-electron chi connectivity index (χ2n) is 18.8. The minimum Gasteiger partial charge on any atom is -0.507 e. The van der Waals surface area contributed by atoms with Gasteiger partial charge in [0, 0.05) is 49.3 Å². The van der Waals surface area contributed by atoms with E-state index in [1.165, 1.54) is 69.2 Å². The predicted molar refractivity (Wildman–Crippen MR) is 268 cm³/mol. The third-order valence-corrected chi connectivity index (χ3v) is 14.4. The molecule has 0 spiro atoms. The number of aromatic hydroxyl groups is 1. The average Bonchev–Trinajstić information content (AvgIpc) is 4.02. The quantitative estimate of drug-likeness (QED) is 0.169. The molecule has 66 heavy (non-hydrogen) atoms. The molecular formula is C60H45N4OPt-. The van der Waals surface area contributed by atoms with Crippen molar-refractivity contribution in [2.24, 2.45) is 5.41 Å². The largest absolute Gasteiger partial charge is 0.507 e. The Hall–Kier alpha value is -7.07. The summed E-state index contributed by atoms with van der Waals surface area (Å²) in [6.07, 6.45) is 6.69. The van der Waals surface area contributed by atoms with Gasteiger partial charge in [0.15, 0.2) is 0 Å². The minimum absolute atomic E-state index is 0. The molecule has 1 N–H and O–H groups in total. The number of rotatable bonds is 6. The van der Waals surface area contributed by atoms with Crippen LogP contribution >= 0.6 is 0 Å². The van der Waals surface area contributed by atoms with Gasteiger partial charge in [-0.1, -0.05) is 152 Å². The number of hydrogen-bond donors (Lipinski definition) is 1. The van der Waals surface area contributed by atoms with Crippen molar-refractivity contribution in [3.63, 3.8) is 0 Å². The zero-order valence-electron chi connectivity index (χ0n) is 36.7. The topological polar surface area (TPSA) is 55.3 Å². The number of nitrogens with zero attached hydrogens (tertiary/aromatic N) is 4. The van der Waals surface area contributed by atoms with Crippen LogP contribution in [0.4, 0.5) is 0 Å². The third kappa shape index (κ3) is 6.24. The van der Waals surface area contributed by atoms with Crippen molar-refractivity contribution < 1.29 is 26.2 Å². The molecule has 1 aliphatic carbocycles. The summed E-state index contributed by atoms with van der Waals surface area (Å²) in [6.45, 7) is 4.81. The van der Waals surface area contributed by atoms with Crippen molar-refractivity contribution in [1.29, 1.82) is 0 Å². The first kappa shape index (κ1) is 40.4. The number of phenols is 1. The Labute approximate surface area is 397 Å². The molecule has 4 aromatic heterocycles.